The van der Waals surface area contributed by atoms with Gasteiger partial charge in [-0.25, -0.2) is 0 Å². The molecule has 0 spiro atoms. The zero-order valence-electron chi connectivity index (χ0n) is 31.3. The second-order valence-electron chi connectivity index (χ2n) is 14.9. The number of rotatable bonds is 6. The third kappa shape index (κ3) is 5.16. The molecule has 4 heteroatoms. The lowest BCUT2D eigenvalue weighted by molar-refractivity contribution is 1.18. The Hall–Kier alpha value is -6.98. The van der Waals surface area contributed by atoms with E-state index in [1.165, 1.54) is 90.1 Å². The van der Waals surface area contributed by atoms with E-state index in [0.29, 0.717) is 0 Å². The Balaban J connectivity index is 1.19. The SMILES string of the molecule is c1ccc(-c2ccc3sc4ccc(N(c5ccc(-c6ccccc6)c6sc7ccccc7c56)c5cccc6c5c5ccccc5n6-c5ccccc5)cc4c3c2)cc1. The van der Waals surface area contributed by atoms with Crippen molar-refractivity contribution < 1.29 is 0 Å². The molecule has 0 fully saturated rings. The van der Waals surface area contributed by atoms with E-state index in [-0.39, 0.29) is 0 Å². The minimum Gasteiger partial charge on any atom is -0.309 e. The summed E-state index contributed by atoms with van der Waals surface area (Å²) in [5.74, 6) is 0. The van der Waals surface area contributed by atoms with Crippen molar-refractivity contribution in [2.45, 2.75) is 0 Å². The van der Waals surface area contributed by atoms with Crippen molar-refractivity contribution in [3.05, 3.63) is 206 Å². The maximum absolute atomic E-state index is 2.55. The molecule has 2 nitrogen and oxygen atoms in total. The summed E-state index contributed by atoms with van der Waals surface area (Å²) in [5.41, 5.74) is 11.9. The molecule has 3 heterocycles. The highest BCUT2D eigenvalue weighted by atomic mass is 32.1. The van der Waals surface area contributed by atoms with E-state index >= 15 is 0 Å². The van der Waals surface area contributed by atoms with Crippen molar-refractivity contribution in [2.75, 3.05) is 4.90 Å². The number of para-hydroxylation sites is 2. The second-order valence-corrected chi connectivity index (χ2v) is 17.0. The van der Waals surface area contributed by atoms with E-state index in [2.05, 4.69) is 216 Å². The second kappa shape index (κ2) is 13.3. The van der Waals surface area contributed by atoms with Crippen molar-refractivity contribution in [3.8, 4) is 27.9 Å². The lowest BCUT2D eigenvalue weighted by atomic mass is 9.99. The van der Waals surface area contributed by atoms with E-state index in [1.54, 1.807) is 0 Å². The van der Waals surface area contributed by atoms with Crippen LogP contribution in [0.3, 0.4) is 0 Å². The minimum atomic E-state index is 1.13. The number of benzene rings is 9. The Morgan fingerprint density at radius 1 is 0.362 bits per heavy atom. The fourth-order valence-electron chi connectivity index (χ4n) is 9.01. The molecule has 12 rings (SSSR count). The van der Waals surface area contributed by atoms with Crippen molar-refractivity contribution in [1.29, 1.82) is 0 Å². The molecule has 0 aliphatic carbocycles. The standard InChI is InChI=1S/C54H34N2S2/c1-4-15-35(16-5-1)37-27-31-50-43(33-37)44-34-39(28-32-51(44)57-50)56(47-25-14-24-46-52(47)41-21-10-12-23-45(41)55(46)38-19-8-3-9-20-38)48-30-29-40(36-17-6-2-7-18-36)54-53(48)42-22-11-13-26-49(42)58-54/h1-34H. The summed E-state index contributed by atoms with van der Waals surface area (Å²) < 4.78 is 7.58. The fraction of sp³-hybridized carbons (Fsp3) is 0. The van der Waals surface area contributed by atoms with Crippen LogP contribution < -0.4 is 4.90 Å². The molecule has 9 aromatic carbocycles. The molecule has 3 aromatic heterocycles. The predicted molar refractivity (Wildman–Crippen MR) is 252 cm³/mol. The highest BCUT2D eigenvalue weighted by Gasteiger charge is 2.25. The van der Waals surface area contributed by atoms with Crippen LogP contribution in [0.25, 0.3) is 90.1 Å². The van der Waals surface area contributed by atoms with E-state index in [0.717, 1.165) is 17.1 Å². The van der Waals surface area contributed by atoms with Gasteiger partial charge in [0.05, 0.1) is 22.4 Å². The first-order valence-corrected chi connectivity index (χ1v) is 21.3. The molecular weight excluding hydrogens is 741 g/mol. The number of aromatic nitrogens is 1. The molecule has 0 saturated carbocycles. The highest BCUT2D eigenvalue weighted by molar-refractivity contribution is 7.26. The van der Waals surface area contributed by atoms with Crippen LogP contribution in [0, 0.1) is 0 Å². The van der Waals surface area contributed by atoms with E-state index < -0.39 is 0 Å². The molecule has 0 saturated heterocycles. The first kappa shape index (κ1) is 33.2. The zero-order valence-corrected chi connectivity index (χ0v) is 33.0. The Bertz CT molecular complexity index is 3490. The van der Waals surface area contributed by atoms with Crippen LogP contribution >= 0.6 is 22.7 Å². The lowest BCUT2D eigenvalue weighted by Crippen LogP contribution is -2.11. The summed E-state index contributed by atoms with van der Waals surface area (Å²) in [4.78, 5) is 2.55. The van der Waals surface area contributed by atoms with Gasteiger partial charge in [0.2, 0.25) is 0 Å². The Morgan fingerprint density at radius 3 is 1.79 bits per heavy atom. The van der Waals surface area contributed by atoms with Crippen molar-refractivity contribution in [1.82, 2.24) is 4.57 Å². The Kier molecular flexibility index (Phi) is 7.62. The first-order chi connectivity index (χ1) is 28.8. The number of hydrogen-bond acceptors (Lipinski definition) is 3. The zero-order chi connectivity index (χ0) is 38.2. The lowest BCUT2D eigenvalue weighted by Gasteiger charge is -2.28. The molecule has 0 atom stereocenters. The van der Waals surface area contributed by atoms with Gasteiger partial charge in [0, 0.05) is 62.5 Å². The summed E-state index contributed by atoms with van der Waals surface area (Å²) >= 11 is 3.76. The number of nitrogens with zero attached hydrogens (tertiary/aromatic N) is 2. The van der Waals surface area contributed by atoms with Crippen molar-refractivity contribution >= 4 is 102 Å². The molecule has 0 amide bonds. The summed E-state index contributed by atoms with van der Waals surface area (Å²) in [5, 5.41) is 7.55. The van der Waals surface area contributed by atoms with Crippen LogP contribution in [0.1, 0.15) is 0 Å². The average Bonchev–Trinajstić information content (AvgIpc) is 3.97. The van der Waals surface area contributed by atoms with Crippen LogP contribution in [0.5, 0.6) is 0 Å². The molecule has 272 valence electrons. The molecule has 0 unspecified atom stereocenters. The molecule has 12 aromatic rings. The normalized spacial score (nSPS) is 11.8. The van der Waals surface area contributed by atoms with Crippen LogP contribution in [0.4, 0.5) is 17.1 Å². The smallest absolute Gasteiger partial charge is 0.0562 e. The van der Waals surface area contributed by atoms with Gasteiger partial charge < -0.3 is 9.47 Å². The monoisotopic (exact) mass is 774 g/mol. The number of anilines is 3. The van der Waals surface area contributed by atoms with Gasteiger partial charge in [0.1, 0.15) is 0 Å². The van der Waals surface area contributed by atoms with Gasteiger partial charge in [-0.2, -0.15) is 0 Å². The molecular formula is C54H34N2S2. The number of fused-ring (bicyclic) bond motifs is 9. The van der Waals surface area contributed by atoms with Gasteiger partial charge in [0.25, 0.3) is 0 Å². The van der Waals surface area contributed by atoms with E-state index in [9.17, 15) is 0 Å². The summed E-state index contributed by atoms with van der Waals surface area (Å²) in [6.07, 6.45) is 0. The third-order valence-corrected chi connectivity index (χ3v) is 13.9. The van der Waals surface area contributed by atoms with Gasteiger partial charge in [-0.05, 0) is 95.1 Å². The Morgan fingerprint density at radius 2 is 0.983 bits per heavy atom. The molecule has 0 aliphatic rings. The fourth-order valence-corrected chi connectivity index (χ4v) is 11.3. The van der Waals surface area contributed by atoms with Gasteiger partial charge in [-0.3, -0.25) is 0 Å². The minimum absolute atomic E-state index is 1.13. The molecule has 0 radical (unpaired) electrons. The van der Waals surface area contributed by atoms with Gasteiger partial charge in [-0.15, -0.1) is 22.7 Å². The van der Waals surface area contributed by atoms with Crippen LogP contribution in [-0.4, -0.2) is 4.57 Å². The van der Waals surface area contributed by atoms with Crippen LogP contribution in [0.2, 0.25) is 0 Å². The van der Waals surface area contributed by atoms with Crippen molar-refractivity contribution in [3.63, 3.8) is 0 Å². The first-order valence-electron chi connectivity index (χ1n) is 19.7. The van der Waals surface area contributed by atoms with Crippen LogP contribution in [-0.2, 0) is 0 Å². The summed E-state index contributed by atoms with van der Waals surface area (Å²) in [7, 11) is 0. The Labute approximate surface area is 343 Å². The maximum Gasteiger partial charge on any atom is 0.0562 e. The van der Waals surface area contributed by atoms with Gasteiger partial charge in [-0.1, -0.05) is 133 Å². The molecule has 0 bridgehead atoms. The summed E-state index contributed by atoms with van der Waals surface area (Å²) in [6, 6.07) is 75.7. The molecule has 58 heavy (non-hydrogen) atoms. The largest absolute Gasteiger partial charge is 0.309 e. The highest BCUT2D eigenvalue weighted by Crippen LogP contribution is 2.51. The van der Waals surface area contributed by atoms with Crippen LogP contribution in [0.15, 0.2) is 206 Å². The van der Waals surface area contributed by atoms with Gasteiger partial charge >= 0.3 is 0 Å². The van der Waals surface area contributed by atoms with Crippen molar-refractivity contribution in [2.24, 2.45) is 0 Å². The quantitative estimate of drug-likeness (QED) is 0.163. The molecule has 0 N–H and O–H groups in total. The number of hydrogen-bond donors (Lipinski definition) is 0. The topological polar surface area (TPSA) is 8.17 Å². The maximum atomic E-state index is 2.55. The third-order valence-electron chi connectivity index (χ3n) is 11.6. The summed E-state index contributed by atoms with van der Waals surface area (Å²) in [6.45, 7) is 0. The van der Waals surface area contributed by atoms with E-state index in [4.69, 9.17) is 0 Å². The molecule has 0 aliphatic heterocycles. The predicted octanol–water partition coefficient (Wildman–Crippen LogP) is 16.3. The van der Waals surface area contributed by atoms with E-state index in [1.807, 2.05) is 22.7 Å². The van der Waals surface area contributed by atoms with Gasteiger partial charge in [0.15, 0.2) is 0 Å². The average molecular weight is 775 g/mol. The number of thiophene rings is 2.